The Labute approximate surface area is 98.6 Å². The summed E-state index contributed by atoms with van der Waals surface area (Å²) >= 11 is 10.9. The Balaban J connectivity index is 2.23. The number of hydrogen-bond acceptors (Lipinski definition) is 3. The van der Waals surface area contributed by atoms with Crippen LogP contribution in [-0.2, 0) is 6.54 Å². The molecule has 3 nitrogen and oxygen atoms in total. The Kier molecular flexibility index (Phi) is 2.80. The Morgan fingerprint density at radius 3 is 2.93 bits per heavy atom. The largest absolute Gasteiger partial charge is 0.381 e. The van der Waals surface area contributed by atoms with E-state index in [0.29, 0.717) is 17.4 Å². The third kappa shape index (κ3) is 1.94. The molecule has 74 valence electrons. The van der Waals surface area contributed by atoms with Gasteiger partial charge in [0.05, 0.1) is 6.54 Å². The van der Waals surface area contributed by atoms with Gasteiger partial charge in [-0.15, -0.1) is 11.3 Å². The summed E-state index contributed by atoms with van der Waals surface area (Å²) in [6.07, 6.45) is 1.73. The summed E-state index contributed by atoms with van der Waals surface area (Å²) in [6, 6.07) is 2.01. The Hall–Kier alpha value is -0.520. The smallest absolute Gasteiger partial charge is 0.164 e. The van der Waals surface area contributed by atoms with Gasteiger partial charge in [0.25, 0.3) is 0 Å². The van der Waals surface area contributed by atoms with E-state index < -0.39 is 0 Å². The van der Waals surface area contributed by atoms with Gasteiger partial charge in [-0.1, -0.05) is 11.6 Å². The van der Waals surface area contributed by atoms with Crippen LogP contribution in [-0.4, -0.2) is 9.78 Å². The maximum absolute atomic E-state index is 5.79. The Morgan fingerprint density at radius 1 is 1.64 bits per heavy atom. The number of thiophene rings is 1. The van der Waals surface area contributed by atoms with Crippen molar-refractivity contribution in [2.75, 3.05) is 5.73 Å². The first-order valence-corrected chi connectivity index (χ1v) is 5.92. The standard InChI is InChI=1S/C8H7BrClN3S/c9-5-1-2-14-7(5)4-13-3-6(10)8(11)12-13/h1-3H,4H2,(H2,11,12). The van der Waals surface area contributed by atoms with E-state index in [1.54, 1.807) is 22.2 Å². The predicted octanol–water partition coefficient (Wildman–Crippen LogP) is 2.99. The van der Waals surface area contributed by atoms with Crippen LogP contribution in [0.5, 0.6) is 0 Å². The maximum Gasteiger partial charge on any atom is 0.164 e. The first-order valence-electron chi connectivity index (χ1n) is 3.87. The van der Waals surface area contributed by atoms with Crippen LogP contribution >= 0.6 is 38.9 Å². The number of nitrogens with two attached hydrogens (primary N) is 1. The number of nitrogen functional groups attached to an aromatic ring is 1. The van der Waals surface area contributed by atoms with Crippen LogP contribution in [0, 0.1) is 0 Å². The summed E-state index contributed by atoms with van der Waals surface area (Å²) in [5.41, 5.74) is 5.54. The molecule has 6 heteroatoms. The molecule has 0 fully saturated rings. The average molecular weight is 293 g/mol. The van der Waals surface area contributed by atoms with Crippen LogP contribution in [0.2, 0.25) is 5.02 Å². The lowest BCUT2D eigenvalue weighted by atomic mass is 10.5. The summed E-state index contributed by atoms with van der Waals surface area (Å²) < 4.78 is 2.82. The molecule has 2 N–H and O–H groups in total. The lowest BCUT2D eigenvalue weighted by molar-refractivity contribution is 0.697. The highest BCUT2D eigenvalue weighted by Gasteiger charge is 2.06. The molecule has 0 aromatic carbocycles. The topological polar surface area (TPSA) is 43.8 Å². The van der Waals surface area contributed by atoms with E-state index in [1.165, 1.54) is 4.88 Å². The molecule has 14 heavy (non-hydrogen) atoms. The highest BCUT2D eigenvalue weighted by Crippen LogP contribution is 2.24. The van der Waals surface area contributed by atoms with Crippen LogP contribution in [0.15, 0.2) is 22.1 Å². The van der Waals surface area contributed by atoms with E-state index in [0.717, 1.165) is 4.47 Å². The number of rotatable bonds is 2. The van der Waals surface area contributed by atoms with E-state index in [1.807, 2.05) is 11.4 Å². The lowest BCUT2D eigenvalue weighted by Gasteiger charge is -1.98. The number of aromatic nitrogens is 2. The van der Waals surface area contributed by atoms with Crippen molar-refractivity contribution in [3.63, 3.8) is 0 Å². The van der Waals surface area contributed by atoms with Gasteiger partial charge in [0.15, 0.2) is 5.82 Å². The minimum Gasteiger partial charge on any atom is -0.381 e. The number of hydrogen-bond donors (Lipinski definition) is 1. The van der Waals surface area contributed by atoms with Crippen LogP contribution in [0.25, 0.3) is 0 Å². The molecule has 0 unspecified atom stereocenters. The molecule has 0 radical (unpaired) electrons. The molecule has 0 aliphatic carbocycles. The van der Waals surface area contributed by atoms with Gasteiger partial charge in [-0.25, -0.2) is 0 Å². The van der Waals surface area contributed by atoms with Gasteiger partial charge in [0, 0.05) is 15.5 Å². The zero-order valence-corrected chi connectivity index (χ0v) is 10.2. The van der Waals surface area contributed by atoms with E-state index in [-0.39, 0.29) is 0 Å². The number of anilines is 1. The zero-order valence-electron chi connectivity index (χ0n) is 7.08. The summed E-state index contributed by atoms with van der Waals surface area (Å²) in [5, 5.41) is 6.59. The second-order valence-corrected chi connectivity index (χ2v) is 5.01. The van der Waals surface area contributed by atoms with Gasteiger partial charge in [-0.05, 0) is 27.4 Å². The quantitative estimate of drug-likeness (QED) is 0.925. The van der Waals surface area contributed by atoms with E-state index in [9.17, 15) is 0 Å². The van der Waals surface area contributed by atoms with Gasteiger partial charge in [-0.3, -0.25) is 4.68 Å². The van der Waals surface area contributed by atoms with Crippen molar-refractivity contribution in [3.8, 4) is 0 Å². The first kappa shape index (κ1) is 10.0. The minimum absolute atomic E-state index is 0.374. The van der Waals surface area contributed by atoms with Gasteiger partial charge >= 0.3 is 0 Å². The van der Waals surface area contributed by atoms with Gasteiger partial charge in [0.1, 0.15) is 5.02 Å². The predicted molar refractivity (Wildman–Crippen MR) is 62.8 cm³/mol. The summed E-state index contributed by atoms with van der Waals surface area (Å²) in [7, 11) is 0. The highest BCUT2D eigenvalue weighted by atomic mass is 79.9. The molecule has 2 rings (SSSR count). The van der Waals surface area contributed by atoms with Gasteiger partial charge < -0.3 is 5.73 Å². The molecule has 0 saturated heterocycles. The van der Waals surface area contributed by atoms with Crippen molar-refractivity contribution in [1.29, 1.82) is 0 Å². The molecule has 2 aromatic heterocycles. The fraction of sp³-hybridized carbons (Fsp3) is 0.125. The second-order valence-electron chi connectivity index (χ2n) is 2.75. The minimum atomic E-state index is 0.374. The van der Waals surface area contributed by atoms with E-state index >= 15 is 0 Å². The summed E-state index contributed by atoms with van der Waals surface area (Å²) in [5.74, 6) is 0.374. The second kappa shape index (κ2) is 3.92. The summed E-state index contributed by atoms with van der Waals surface area (Å²) in [4.78, 5) is 1.20. The van der Waals surface area contributed by atoms with Crippen molar-refractivity contribution in [2.45, 2.75) is 6.54 Å². The van der Waals surface area contributed by atoms with E-state index in [2.05, 4.69) is 21.0 Å². The molecule has 2 aromatic rings. The maximum atomic E-state index is 5.79. The van der Waals surface area contributed by atoms with Gasteiger partial charge in [-0.2, -0.15) is 5.10 Å². The fourth-order valence-corrected chi connectivity index (χ4v) is 2.70. The molecule has 0 atom stereocenters. The number of halogens is 2. The van der Waals surface area contributed by atoms with E-state index in [4.69, 9.17) is 17.3 Å². The van der Waals surface area contributed by atoms with Crippen molar-refractivity contribution >= 4 is 44.7 Å². The third-order valence-corrected chi connectivity index (χ3v) is 3.94. The van der Waals surface area contributed by atoms with Crippen LogP contribution in [0.3, 0.4) is 0 Å². The zero-order chi connectivity index (χ0) is 10.1. The Bertz CT molecular complexity index is 432. The van der Waals surface area contributed by atoms with Crippen molar-refractivity contribution in [2.24, 2.45) is 0 Å². The van der Waals surface area contributed by atoms with Crippen LogP contribution in [0.1, 0.15) is 4.88 Å². The molecular weight excluding hydrogens is 286 g/mol. The summed E-state index contributed by atoms with van der Waals surface area (Å²) in [6.45, 7) is 0.690. The molecular formula is C8H7BrClN3S. The molecule has 0 aliphatic heterocycles. The molecule has 0 aliphatic rings. The van der Waals surface area contributed by atoms with Gasteiger partial charge in [0.2, 0.25) is 0 Å². The van der Waals surface area contributed by atoms with Crippen molar-refractivity contribution < 1.29 is 0 Å². The van der Waals surface area contributed by atoms with Crippen LogP contribution in [0.4, 0.5) is 5.82 Å². The normalized spacial score (nSPS) is 10.7. The fourth-order valence-electron chi connectivity index (χ4n) is 1.08. The molecule has 2 heterocycles. The number of nitrogens with zero attached hydrogens (tertiary/aromatic N) is 2. The lowest BCUT2D eigenvalue weighted by Crippen LogP contribution is -1.99. The molecule has 0 amide bonds. The molecule has 0 bridgehead atoms. The van der Waals surface area contributed by atoms with Crippen molar-refractivity contribution in [1.82, 2.24) is 9.78 Å². The first-order chi connectivity index (χ1) is 6.66. The molecule has 0 spiro atoms. The average Bonchev–Trinajstić information content (AvgIpc) is 2.63. The highest BCUT2D eigenvalue weighted by molar-refractivity contribution is 9.10. The van der Waals surface area contributed by atoms with Crippen molar-refractivity contribution in [3.05, 3.63) is 32.0 Å². The third-order valence-electron chi connectivity index (χ3n) is 1.74. The SMILES string of the molecule is Nc1nn(Cc2sccc2Br)cc1Cl. The Morgan fingerprint density at radius 2 is 2.43 bits per heavy atom. The monoisotopic (exact) mass is 291 g/mol. The molecule has 0 saturated carbocycles. The van der Waals surface area contributed by atoms with Crippen LogP contribution < -0.4 is 5.73 Å².